The van der Waals surface area contributed by atoms with Crippen molar-refractivity contribution in [2.24, 2.45) is 0 Å². The number of hydrogen-bond acceptors (Lipinski definition) is 1. The molecule has 0 heterocycles. The largest absolute Gasteiger partial charge is 0.396 e. The Balaban J connectivity index is 2.24. The minimum Gasteiger partial charge on any atom is -0.396 e. The Morgan fingerprint density at radius 1 is 0.944 bits per heavy atom. The number of hydrogen-bond donors (Lipinski definition) is 1. The fourth-order valence-corrected chi connectivity index (χ4v) is 2.38. The van der Waals surface area contributed by atoms with Gasteiger partial charge in [0, 0.05) is 5.92 Å². The molecule has 94 valence electrons. The van der Waals surface area contributed by atoms with Crippen LogP contribution < -0.4 is 0 Å². The van der Waals surface area contributed by atoms with Crippen molar-refractivity contribution in [3.63, 3.8) is 0 Å². The molecule has 1 unspecified atom stereocenters. The van der Waals surface area contributed by atoms with E-state index in [0.717, 1.165) is 11.1 Å². The lowest BCUT2D eigenvalue weighted by atomic mass is 9.93. The van der Waals surface area contributed by atoms with E-state index in [1.165, 1.54) is 0 Å². The molecule has 1 atom stereocenters. The molecule has 0 amide bonds. The summed E-state index contributed by atoms with van der Waals surface area (Å²) < 4.78 is 0. The van der Waals surface area contributed by atoms with Gasteiger partial charge in [-0.05, 0) is 23.6 Å². The van der Waals surface area contributed by atoms with Gasteiger partial charge in [-0.2, -0.15) is 0 Å². The smallest absolute Gasteiger partial charge is 0.0624 e. The first kappa shape index (κ1) is 13.4. The van der Waals surface area contributed by atoms with Crippen molar-refractivity contribution in [3.05, 3.63) is 69.7 Å². The quantitative estimate of drug-likeness (QED) is 0.885. The van der Waals surface area contributed by atoms with Gasteiger partial charge >= 0.3 is 0 Å². The summed E-state index contributed by atoms with van der Waals surface area (Å²) in [6.07, 6.45) is 0.680. The summed E-state index contributed by atoms with van der Waals surface area (Å²) in [6.45, 7) is 0.0901. The van der Waals surface area contributed by atoms with Gasteiger partial charge in [0.15, 0.2) is 0 Å². The molecule has 0 bridgehead atoms. The molecule has 0 aromatic heterocycles. The topological polar surface area (TPSA) is 20.2 Å². The van der Waals surface area contributed by atoms with Crippen molar-refractivity contribution in [1.29, 1.82) is 0 Å². The fourth-order valence-electron chi connectivity index (χ4n) is 1.98. The predicted octanol–water partition coefficient (Wildman–Crippen LogP) is 4.31. The van der Waals surface area contributed by atoms with Crippen molar-refractivity contribution in [2.75, 3.05) is 6.61 Å². The van der Waals surface area contributed by atoms with Crippen LogP contribution in [0.15, 0.2) is 48.5 Å². The monoisotopic (exact) mass is 280 g/mol. The summed E-state index contributed by atoms with van der Waals surface area (Å²) >= 11 is 12.2. The van der Waals surface area contributed by atoms with Crippen molar-refractivity contribution in [2.45, 2.75) is 12.3 Å². The molecule has 0 saturated heterocycles. The van der Waals surface area contributed by atoms with Gasteiger partial charge in [0.1, 0.15) is 0 Å². The predicted molar refractivity (Wildman–Crippen MR) is 76.4 cm³/mol. The number of halogens is 2. The average Bonchev–Trinajstić information content (AvgIpc) is 2.41. The number of benzene rings is 2. The lowest BCUT2D eigenvalue weighted by molar-refractivity contribution is 0.264. The van der Waals surface area contributed by atoms with E-state index in [9.17, 15) is 5.11 Å². The van der Waals surface area contributed by atoms with Gasteiger partial charge in [0.25, 0.3) is 0 Å². The Kier molecular flexibility index (Phi) is 4.65. The maximum absolute atomic E-state index is 9.52. The van der Waals surface area contributed by atoms with Gasteiger partial charge in [0.05, 0.1) is 16.7 Å². The third-order valence-electron chi connectivity index (χ3n) is 2.99. The van der Waals surface area contributed by atoms with Crippen LogP contribution in [0.1, 0.15) is 17.0 Å². The molecule has 3 heteroatoms. The third kappa shape index (κ3) is 3.05. The highest BCUT2D eigenvalue weighted by molar-refractivity contribution is 6.42. The number of aliphatic hydroxyl groups excluding tert-OH is 1. The van der Waals surface area contributed by atoms with Crippen LogP contribution in [0, 0.1) is 0 Å². The van der Waals surface area contributed by atoms with Crippen molar-refractivity contribution in [3.8, 4) is 0 Å². The maximum atomic E-state index is 9.52. The zero-order chi connectivity index (χ0) is 13.0. The van der Waals surface area contributed by atoms with E-state index in [1.54, 1.807) is 6.07 Å². The molecular formula is C15H14Cl2O. The second-order valence-electron chi connectivity index (χ2n) is 4.21. The zero-order valence-corrected chi connectivity index (χ0v) is 11.3. The van der Waals surface area contributed by atoms with Crippen LogP contribution in [-0.4, -0.2) is 11.7 Å². The summed E-state index contributed by atoms with van der Waals surface area (Å²) in [6, 6.07) is 15.5. The molecule has 18 heavy (non-hydrogen) atoms. The Bertz CT molecular complexity index is 511. The summed E-state index contributed by atoms with van der Waals surface area (Å²) in [5, 5.41) is 10.7. The first-order valence-electron chi connectivity index (χ1n) is 5.81. The van der Waals surface area contributed by atoms with E-state index < -0.39 is 0 Å². The van der Waals surface area contributed by atoms with Crippen molar-refractivity contribution in [1.82, 2.24) is 0 Å². The molecule has 2 aromatic carbocycles. The molecule has 2 aromatic rings. The van der Waals surface area contributed by atoms with Gasteiger partial charge in [-0.15, -0.1) is 0 Å². The standard InChI is InChI=1S/C15H14Cl2O/c16-14-8-4-7-12(15(14)17)9-13(10-18)11-5-2-1-3-6-11/h1-8,13,18H,9-10H2. The molecular weight excluding hydrogens is 267 g/mol. The zero-order valence-electron chi connectivity index (χ0n) is 9.81. The molecule has 0 aliphatic carbocycles. The Morgan fingerprint density at radius 3 is 2.33 bits per heavy atom. The van der Waals surface area contributed by atoms with E-state index in [0.29, 0.717) is 16.5 Å². The normalized spacial score (nSPS) is 12.4. The second kappa shape index (κ2) is 6.24. The van der Waals surface area contributed by atoms with Gasteiger partial charge in [-0.25, -0.2) is 0 Å². The number of aliphatic hydroxyl groups is 1. The molecule has 0 radical (unpaired) electrons. The number of rotatable bonds is 4. The van der Waals surface area contributed by atoms with Crippen LogP contribution in [0.4, 0.5) is 0 Å². The summed E-state index contributed by atoms with van der Waals surface area (Å²) in [5.41, 5.74) is 2.07. The van der Waals surface area contributed by atoms with Gasteiger partial charge < -0.3 is 5.11 Å². The molecule has 1 N–H and O–H groups in total. The van der Waals surface area contributed by atoms with Crippen LogP contribution >= 0.6 is 23.2 Å². The van der Waals surface area contributed by atoms with Gasteiger partial charge in [0.2, 0.25) is 0 Å². The summed E-state index contributed by atoms with van der Waals surface area (Å²) in [4.78, 5) is 0. The van der Waals surface area contributed by atoms with Crippen LogP contribution in [0.3, 0.4) is 0 Å². The van der Waals surface area contributed by atoms with Crippen LogP contribution in [0.2, 0.25) is 10.0 Å². The molecule has 0 aliphatic heterocycles. The highest BCUT2D eigenvalue weighted by atomic mass is 35.5. The lowest BCUT2D eigenvalue weighted by Crippen LogP contribution is -2.08. The Labute approximate surface area is 117 Å². The molecule has 0 saturated carbocycles. The van der Waals surface area contributed by atoms with Crippen LogP contribution in [0.25, 0.3) is 0 Å². The van der Waals surface area contributed by atoms with Crippen molar-refractivity contribution < 1.29 is 5.11 Å². The van der Waals surface area contributed by atoms with E-state index >= 15 is 0 Å². The Morgan fingerprint density at radius 2 is 1.67 bits per heavy atom. The maximum Gasteiger partial charge on any atom is 0.0624 e. The van der Waals surface area contributed by atoms with E-state index in [4.69, 9.17) is 23.2 Å². The molecule has 2 rings (SSSR count). The van der Waals surface area contributed by atoms with Crippen molar-refractivity contribution >= 4 is 23.2 Å². The SMILES string of the molecule is OCC(Cc1cccc(Cl)c1Cl)c1ccccc1. The molecule has 0 fully saturated rings. The Hall–Kier alpha value is -1.02. The fraction of sp³-hybridized carbons (Fsp3) is 0.200. The van der Waals surface area contributed by atoms with Gasteiger partial charge in [-0.1, -0.05) is 65.7 Å². The van der Waals surface area contributed by atoms with Crippen LogP contribution in [-0.2, 0) is 6.42 Å². The van der Waals surface area contributed by atoms with Crippen LogP contribution in [0.5, 0.6) is 0 Å². The van der Waals surface area contributed by atoms with E-state index in [1.807, 2.05) is 42.5 Å². The average molecular weight is 281 g/mol. The molecule has 0 aliphatic rings. The summed E-state index contributed by atoms with van der Waals surface area (Å²) in [5.74, 6) is 0.0437. The lowest BCUT2D eigenvalue weighted by Gasteiger charge is -2.16. The minimum absolute atomic E-state index is 0.0437. The van der Waals surface area contributed by atoms with E-state index in [2.05, 4.69) is 0 Å². The highest BCUT2D eigenvalue weighted by Crippen LogP contribution is 2.29. The third-order valence-corrected chi connectivity index (χ3v) is 3.85. The minimum atomic E-state index is 0.0437. The van der Waals surface area contributed by atoms with Gasteiger partial charge in [-0.3, -0.25) is 0 Å². The second-order valence-corrected chi connectivity index (χ2v) is 4.99. The van der Waals surface area contributed by atoms with E-state index in [-0.39, 0.29) is 12.5 Å². The first-order chi connectivity index (χ1) is 8.72. The highest BCUT2D eigenvalue weighted by Gasteiger charge is 2.14. The summed E-state index contributed by atoms with van der Waals surface area (Å²) in [7, 11) is 0. The first-order valence-corrected chi connectivity index (χ1v) is 6.56. The molecule has 1 nitrogen and oxygen atoms in total. The molecule has 0 spiro atoms.